The molecular formula is C16H20N2O3. The summed E-state index contributed by atoms with van der Waals surface area (Å²) in [5.74, 6) is 0.188. The van der Waals surface area contributed by atoms with E-state index in [1.54, 1.807) is 18.2 Å². The molecule has 0 aliphatic carbocycles. The van der Waals surface area contributed by atoms with E-state index in [2.05, 4.69) is 10.3 Å². The maximum absolute atomic E-state index is 12.2. The molecule has 0 fully saturated rings. The van der Waals surface area contributed by atoms with E-state index >= 15 is 0 Å². The van der Waals surface area contributed by atoms with E-state index < -0.39 is 5.54 Å². The lowest BCUT2D eigenvalue weighted by Gasteiger charge is -2.21. The zero-order valence-electron chi connectivity index (χ0n) is 13.0. The summed E-state index contributed by atoms with van der Waals surface area (Å²) in [6.07, 6.45) is 0. The van der Waals surface area contributed by atoms with E-state index in [1.165, 1.54) is 7.11 Å². The van der Waals surface area contributed by atoms with E-state index in [4.69, 9.17) is 4.74 Å². The van der Waals surface area contributed by atoms with Crippen molar-refractivity contribution in [3.63, 3.8) is 0 Å². The van der Waals surface area contributed by atoms with Crippen LogP contribution in [0.1, 0.15) is 42.3 Å². The zero-order chi connectivity index (χ0) is 15.8. The average molecular weight is 288 g/mol. The third-order valence-corrected chi connectivity index (χ3v) is 4.06. The monoisotopic (exact) mass is 288 g/mol. The van der Waals surface area contributed by atoms with Gasteiger partial charge in [0.25, 0.3) is 5.91 Å². The molecule has 1 atom stereocenters. The van der Waals surface area contributed by atoms with Crippen LogP contribution in [-0.2, 0) is 9.53 Å². The number of ether oxygens (including phenoxy) is 1. The summed E-state index contributed by atoms with van der Waals surface area (Å²) in [6, 6.07) is 5.20. The van der Waals surface area contributed by atoms with Gasteiger partial charge in [0, 0.05) is 5.56 Å². The van der Waals surface area contributed by atoms with Crippen molar-refractivity contribution in [2.75, 3.05) is 7.11 Å². The quantitative estimate of drug-likeness (QED) is 0.866. The molecule has 1 aromatic carbocycles. The van der Waals surface area contributed by atoms with Gasteiger partial charge in [-0.1, -0.05) is 19.9 Å². The van der Waals surface area contributed by atoms with E-state index in [9.17, 15) is 9.59 Å². The van der Waals surface area contributed by atoms with E-state index in [0.29, 0.717) is 11.4 Å². The third kappa shape index (κ3) is 2.55. The number of methoxy groups -OCH3 is 1. The summed E-state index contributed by atoms with van der Waals surface area (Å²) < 4.78 is 4.70. The fourth-order valence-electron chi connectivity index (χ4n) is 2.24. The Morgan fingerprint density at radius 2 is 2.05 bits per heavy atom. The number of aryl methyl sites for hydroxylation is 1. The molecule has 1 amide bonds. The van der Waals surface area contributed by atoms with Gasteiger partial charge in [-0.05, 0) is 37.5 Å². The predicted octanol–water partition coefficient (Wildman–Crippen LogP) is 2.07. The van der Waals surface area contributed by atoms with E-state index in [1.807, 2.05) is 27.7 Å². The second kappa shape index (κ2) is 5.31. The van der Waals surface area contributed by atoms with Gasteiger partial charge in [-0.25, -0.2) is 4.79 Å². The van der Waals surface area contributed by atoms with Crippen molar-refractivity contribution in [1.82, 2.24) is 5.32 Å². The number of esters is 1. The predicted molar refractivity (Wildman–Crippen MR) is 80.4 cm³/mol. The first-order chi connectivity index (χ1) is 9.79. The van der Waals surface area contributed by atoms with Gasteiger partial charge < -0.3 is 10.1 Å². The topological polar surface area (TPSA) is 67.8 Å². The summed E-state index contributed by atoms with van der Waals surface area (Å²) in [7, 11) is 1.35. The van der Waals surface area contributed by atoms with Crippen molar-refractivity contribution in [2.24, 2.45) is 10.9 Å². The average Bonchev–Trinajstić information content (AvgIpc) is 2.74. The molecule has 1 unspecified atom stereocenters. The number of aliphatic imine (C=N–C) groups is 1. The van der Waals surface area contributed by atoms with Crippen molar-refractivity contribution in [1.29, 1.82) is 0 Å². The van der Waals surface area contributed by atoms with Crippen molar-refractivity contribution >= 4 is 17.7 Å². The van der Waals surface area contributed by atoms with Gasteiger partial charge in [-0.15, -0.1) is 0 Å². The van der Waals surface area contributed by atoms with Crippen LogP contribution >= 0.6 is 0 Å². The van der Waals surface area contributed by atoms with Crippen LogP contribution in [0.4, 0.5) is 0 Å². The number of benzene rings is 1. The Hall–Kier alpha value is -2.17. The molecule has 0 bridgehead atoms. The lowest BCUT2D eigenvalue weighted by molar-refractivity contribution is -0.124. The maximum atomic E-state index is 12.2. The Kier molecular flexibility index (Phi) is 3.85. The first-order valence-corrected chi connectivity index (χ1v) is 6.90. The van der Waals surface area contributed by atoms with Crippen LogP contribution in [0.3, 0.4) is 0 Å². The molecule has 0 aromatic heterocycles. The fraction of sp³-hybridized carbons (Fsp3) is 0.438. The molecule has 112 valence electrons. The highest BCUT2D eigenvalue weighted by Crippen LogP contribution is 2.27. The largest absolute Gasteiger partial charge is 0.465 e. The second-order valence-electron chi connectivity index (χ2n) is 5.74. The molecule has 1 heterocycles. The zero-order valence-corrected chi connectivity index (χ0v) is 13.0. The smallest absolute Gasteiger partial charge is 0.337 e. The number of nitrogens with one attached hydrogen (secondary N) is 1. The third-order valence-electron chi connectivity index (χ3n) is 4.06. The minimum Gasteiger partial charge on any atom is -0.465 e. The van der Waals surface area contributed by atoms with Crippen molar-refractivity contribution in [3.8, 4) is 0 Å². The molecule has 0 radical (unpaired) electrons. The Morgan fingerprint density at radius 1 is 1.38 bits per heavy atom. The van der Waals surface area contributed by atoms with Crippen LogP contribution < -0.4 is 5.32 Å². The van der Waals surface area contributed by atoms with Crippen molar-refractivity contribution in [2.45, 2.75) is 33.2 Å². The van der Waals surface area contributed by atoms with Gasteiger partial charge in [-0.2, -0.15) is 0 Å². The maximum Gasteiger partial charge on any atom is 0.337 e. The Bertz CT molecular complexity index is 634. The standard InChI is InChI=1S/C16H20N2O3/c1-9(2)16(4)15(20)17-13(18-16)12-7-6-11(8-10(12)3)14(19)21-5/h6-9H,1-5H3,(H,17,18,20). The number of hydrogen-bond acceptors (Lipinski definition) is 4. The van der Waals surface area contributed by atoms with Gasteiger partial charge >= 0.3 is 5.97 Å². The van der Waals surface area contributed by atoms with Crippen molar-refractivity contribution < 1.29 is 14.3 Å². The number of amidine groups is 1. The SMILES string of the molecule is COC(=O)c1ccc(C2=NC(C)(C(C)C)C(=O)N2)c(C)c1. The van der Waals surface area contributed by atoms with Gasteiger partial charge in [0.15, 0.2) is 0 Å². The number of rotatable bonds is 3. The normalized spacial score (nSPS) is 21.2. The number of carbonyl (C=O) groups excluding carboxylic acids is 2. The highest BCUT2D eigenvalue weighted by molar-refractivity contribution is 6.16. The number of hydrogen-bond donors (Lipinski definition) is 1. The van der Waals surface area contributed by atoms with Crippen LogP contribution in [-0.4, -0.2) is 30.4 Å². The molecule has 1 aliphatic rings. The summed E-state index contributed by atoms with van der Waals surface area (Å²) in [4.78, 5) is 28.2. The van der Waals surface area contributed by atoms with Gasteiger partial charge in [0.2, 0.25) is 0 Å². The van der Waals surface area contributed by atoms with Crippen LogP contribution in [0.5, 0.6) is 0 Å². The first-order valence-electron chi connectivity index (χ1n) is 6.90. The van der Waals surface area contributed by atoms with Gasteiger partial charge in [0.05, 0.1) is 12.7 Å². The first kappa shape index (κ1) is 15.2. The van der Waals surface area contributed by atoms with E-state index in [0.717, 1.165) is 11.1 Å². The van der Waals surface area contributed by atoms with Crippen LogP contribution in [0.2, 0.25) is 0 Å². The molecule has 1 N–H and O–H groups in total. The van der Waals surface area contributed by atoms with E-state index in [-0.39, 0.29) is 17.8 Å². The Morgan fingerprint density at radius 3 is 2.52 bits per heavy atom. The summed E-state index contributed by atoms with van der Waals surface area (Å²) >= 11 is 0. The fourth-order valence-corrected chi connectivity index (χ4v) is 2.24. The highest BCUT2D eigenvalue weighted by Gasteiger charge is 2.42. The lowest BCUT2D eigenvalue weighted by Crippen LogP contribution is -2.41. The Labute approximate surface area is 124 Å². The molecule has 0 spiro atoms. The minimum absolute atomic E-state index is 0.0936. The summed E-state index contributed by atoms with van der Waals surface area (Å²) in [5, 5.41) is 2.84. The number of amides is 1. The van der Waals surface area contributed by atoms with Crippen LogP contribution in [0.25, 0.3) is 0 Å². The lowest BCUT2D eigenvalue weighted by atomic mass is 9.89. The number of carbonyl (C=O) groups is 2. The highest BCUT2D eigenvalue weighted by atomic mass is 16.5. The summed E-state index contributed by atoms with van der Waals surface area (Å²) in [5.41, 5.74) is 1.42. The molecule has 1 aliphatic heterocycles. The summed E-state index contributed by atoms with van der Waals surface area (Å²) in [6.45, 7) is 7.65. The van der Waals surface area contributed by atoms with Gasteiger partial charge in [0.1, 0.15) is 11.4 Å². The molecular weight excluding hydrogens is 268 g/mol. The number of nitrogens with zero attached hydrogens (tertiary/aromatic N) is 1. The second-order valence-corrected chi connectivity index (χ2v) is 5.74. The Balaban J connectivity index is 2.40. The molecule has 5 heteroatoms. The minimum atomic E-state index is -0.747. The molecule has 0 saturated carbocycles. The molecule has 0 saturated heterocycles. The molecule has 1 aromatic rings. The van der Waals surface area contributed by atoms with Crippen molar-refractivity contribution in [3.05, 3.63) is 34.9 Å². The molecule has 2 rings (SSSR count). The molecule has 21 heavy (non-hydrogen) atoms. The molecule has 5 nitrogen and oxygen atoms in total. The van der Waals surface area contributed by atoms with Crippen LogP contribution in [0.15, 0.2) is 23.2 Å². The van der Waals surface area contributed by atoms with Gasteiger partial charge in [-0.3, -0.25) is 9.79 Å². The van der Waals surface area contributed by atoms with Crippen LogP contribution in [0, 0.1) is 12.8 Å².